The summed E-state index contributed by atoms with van der Waals surface area (Å²) >= 11 is -3.46. The molecule has 0 atom stereocenters. The first kappa shape index (κ1) is 56.3. The Hall–Kier alpha value is 0.610. The van der Waals surface area contributed by atoms with E-state index in [4.69, 9.17) is 27.9 Å². The third-order valence-electron chi connectivity index (χ3n) is 0.812. The second kappa shape index (κ2) is 56.5. The van der Waals surface area contributed by atoms with E-state index in [9.17, 15) is 0 Å². The van der Waals surface area contributed by atoms with Crippen LogP contribution in [0.1, 0.15) is 0 Å². The quantitative estimate of drug-likeness (QED) is 0.168. The number of hydrogen-bond acceptors (Lipinski definition) is 0. The third-order valence-corrected chi connectivity index (χ3v) is 7.84. The zero-order valence-corrected chi connectivity index (χ0v) is 21.9. The summed E-state index contributed by atoms with van der Waals surface area (Å²) in [6, 6.07) is 0. The minimum Gasteiger partial charge on any atom is 0 e. The average Bonchev–Trinajstić information content (AvgIpc) is 2.56. The average molecular weight is 638 g/mol. The van der Waals surface area contributed by atoms with Gasteiger partial charge in [-0.3, -0.25) is 0 Å². The van der Waals surface area contributed by atoms with Crippen LogP contribution < -0.4 is 0 Å². The summed E-state index contributed by atoms with van der Waals surface area (Å²) in [5.74, 6) is 0. The minimum atomic E-state index is -1.73. The van der Waals surface area contributed by atoms with Gasteiger partial charge in [0.15, 0.2) is 0 Å². The Morgan fingerprint density at radius 1 is 0.417 bits per heavy atom. The maximum absolute atomic E-state index is 7.50. The summed E-state index contributed by atoms with van der Waals surface area (Å²) in [7, 11) is 0. The van der Waals surface area contributed by atoms with E-state index in [2.05, 4.69) is 77.4 Å². The van der Waals surface area contributed by atoms with E-state index < -0.39 is 36.8 Å². The molecular formula is C14H18Co2O6Sn2. The predicted octanol–water partition coefficient (Wildman–Crippen LogP) is 2.51. The van der Waals surface area contributed by atoms with Gasteiger partial charge < -0.3 is 0 Å². The fourth-order valence-electron chi connectivity index (χ4n) is 0.375. The molecule has 24 heavy (non-hydrogen) atoms. The van der Waals surface area contributed by atoms with Gasteiger partial charge in [-0.2, -0.15) is 0 Å². The van der Waals surface area contributed by atoms with Crippen LogP contribution in [-0.2, 0) is 61.5 Å². The van der Waals surface area contributed by atoms with Gasteiger partial charge in [0.25, 0.3) is 0 Å². The van der Waals surface area contributed by atoms with Gasteiger partial charge in [0.1, 0.15) is 0 Å². The maximum atomic E-state index is 7.50. The molecule has 0 aliphatic rings. The Kier molecular flexibility index (Phi) is 133. The summed E-state index contributed by atoms with van der Waals surface area (Å²) in [4.78, 5) is 14.2. The van der Waals surface area contributed by atoms with Gasteiger partial charge in [0.2, 0.25) is 0 Å². The van der Waals surface area contributed by atoms with Crippen LogP contribution in [0.25, 0.3) is 0 Å². The van der Waals surface area contributed by atoms with E-state index in [-0.39, 0.29) is 33.6 Å². The van der Waals surface area contributed by atoms with Crippen LogP contribution >= 0.6 is 0 Å². The van der Waals surface area contributed by atoms with Gasteiger partial charge in [-0.25, -0.2) is 0 Å². The van der Waals surface area contributed by atoms with E-state index >= 15 is 0 Å². The van der Waals surface area contributed by atoms with E-state index in [1.807, 2.05) is 0 Å². The van der Waals surface area contributed by atoms with Crippen LogP contribution in [-0.4, -0.2) is 36.8 Å². The van der Waals surface area contributed by atoms with Crippen molar-refractivity contribution in [1.29, 1.82) is 0 Å². The molecule has 0 spiro atoms. The summed E-state index contributed by atoms with van der Waals surface area (Å²) in [6.07, 6.45) is 0. The van der Waals surface area contributed by atoms with Gasteiger partial charge in [0, 0.05) is 33.6 Å². The molecule has 0 fully saturated rings. The molecule has 0 aliphatic heterocycles. The van der Waals surface area contributed by atoms with Crippen molar-refractivity contribution >= 4 is 36.8 Å². The van der Waals surface area contributed by atoms with Crippen LogP contribution in [0.3, 0.4) is 0 Å². The molecule has 0 aromatic rings. The standard InChI is InChI=1S/C2.6CO.6CH3.2Co.2Sn/c7*1-2;;;;;;;;;;/h;;;;;;;6*1H3;;;;. The monoisotopic (exact) mass is 640 g/mol. The number of rotatable bonds is 0. The zero-order valence-electron chi connectivity index (χ0n) is 14.1. The van der Waals surface area contributed by atoms with Crippen molar-refractivity contribution in [2.75, 3.05) is 0 Å². The van der Waals surface area contributed by atoms with Crippen molar-refractivity contribution in [3.8, 4) is 7.87 Å². The molecule has 0 N–H and O–H groups in total. The van der Waals surface area contributed by atoms with E-state index in [1.165, 1.54) is 0 Å². The molecule has 10 heteroatoms. The molecule has 0 saturated carbocycles. The minimum absolute atomic E-state index is 0. The first-order chi connectivity index (χ1) is 10.2. The summed E-state index contributed by atoms with van der Waals surface area (Å²) in [6.45, 7) is 27.0. The van der Waals surface area contributed by atoms with E-state index in [0.29, 0.717) is 0 Å². The Balaban J connectivity index is -0.0000000196. The molecule has 136 valence electrons. The van der Waals surface area contributed by atoms with Crippen LogP contribution in [0, 0.1) is 47.8 Å². The summed E-state index contributed by atoms with van der Waals surface area (Å²) in [5, 5.41) is 0. The molecule has 0 heterocycles. The zero-order chi connectivity index (χ0) is 20.4. The van der Waals surface area contributed by atoms with Crippen molar-refractivity contribution in [3.63, 3.8) is 0 Å². The van der Waals surface area contributed by atoms with Crippen LogP contribution in [0.4, 0.5) is 0 Å². The Morgan fingerprint density at radius 2 is 0.500 bits per heavy atom. The SMILES string of the molecule is [C-]#[O+].[C-]#[O+].[C-]#[O+].[C-]#[O+].[C-]#[O+].[C-]#[O+].[CH3][Sn]([CH3])([CH3])[C]#[C][Sn]([CH3])([CH3])[CH3].[Co].[Co]. The second-order valence-electron chi connectivity index (χ2n) is 4.75. The van der Waals surface area contributed by atoms with E-state index in [1.54, 1.807) is 0 Å². The summed E-state index contributed by atoms with van der Waals surface area (Å²) in [5.41, 5.74) is 0. The molecule has 0 saturated heterocycles. The normalized spacial score (nSPS) is 5.58. The van der Waals surface area contributed by atoms with E-state index in [0.717, 1.165) is 0 Å². The van der Waals surface area contributed by atoms with Gasteiger partial charge >= 0.3 is 142 Å². The summed E-state index contributed by atoms with van der Waals surface area (Å²) < 4.78 is 52.0. The van der Waals surface area contributed by atoms with Crippen molar-refractivity contribution in [2.45, 2.75) is 29.6 Å². The molecule has 0 rings (SSSR count). The molecule has 6 nitrogen and oxygen atoms in total. The molecule has 0 aromatic heterocycles. The first-order valence-electron chi connectivity index (χ1n) is 4.97. The van der Waals surface area contributed by atoms with Crippen molar-refractivity contribution in [3.05, 3.63) is 39.9 Å². The molecule has 0 aliphatic carbocycles. The number of hydrogen-bond donors (Lipinski definition) is 0. The molecule has 0 amide bonds. The predicted molar refractivity (Wildman–Crippen MR) is 78.0 cm³/mol. The molecule has 0 bridgehead atoms. The second-order valence-corrected chi connectivity index (χ2v) is 31.9. The fourth-order valence-corrected chi connectivity index (χ4v) is 16.9. The van der Waals surface area contributed by atoms with Gasteiger partial charge in [0.05, 0.1) is 0 Å². The van der Waals surface area contributed by atoms with Gasteiger partial charge in [-0.1, -0.05) is 0 Å². The maximum Gasteiger partial charge on any atom is 0 e. The fraction of sp³-hybridized carbons (Fsp3) is 0.429. The van der Waals surface area contributed by atoms with Crippen LogP contribution in [0.15, 0.2) is 0 Å². The van der Waals surface area contributed by atoms with Gasteiger partial charge in [-0.05, 0) is 0 Å². The first-order valence-corrected chi connectivity index (χ1v) is 25.0. The Bertz CT molecular complexity index is 323. The van der Waals surface area contributed by atoms with Crippen molar-refractivity contribution in [2.24, 2.45) is 0 Å². The molecular weight excluding hydrogens is 619 g/mol. The largest absolute Gasteiger partial charge is 0 e. The Morgan fingerprint density at radius 3 is 0.542 bits per heavy atom. The van der Waals surface area contributed by atoms with Crippen LogP contribution in [0.2, 0.25) is 29.6 Å². The topological polar surface area (TPSA) is 119 Å². The van der Waals surface area contributed by atoms with Crippen molar-refractivity contribution in [1.82, 2.24) is 0 Å². The molecule has 0 unspecified atom stereocenters. The molecule has 2 radical (unpaired) electrons. The third kappa shape index (κ3) is 182. The molecule has 0 aromatic carbocycles. The smallest absolute Gasteiger partial charge is 0 e. The van der Waals surface area contributed by atoms with Crippen LogP contribution in [0.5, 0.6) is 0 Å². The Labute approximate surface area is 174 Å². The van der Waals surface area contributed by atoms with Gasteiger partial charge in [-0.15, -0.1) is 0 Å². The van der Waals surface area contributed by atoms with Crippen molar-refractivity contribution < 1.29 is 61.5 Å².